The number of amides is 1. The topological polar surface area (TPSA) is 102 Å². The van der Waals surface area contributed by atoms with Crippen LogP contribution in [-0.2, 0) is 16.0 Å². The molecule has 10 heteroatoms. The van der Waals surface area contributed by atoms with Crippen molar-refractivity contribution in [3.63, 3.8) is 0 Å². The molecule has 1 atom stereocenters. The van der Waals surface area contributed by atoms with Gasteiger partial charge in [-0.25, -0.2) is 4.39 Å². The fourth-order valence-corrected chi connectivity index (χ4v) is 4.58. The van der Waals surface area contributed by atoms with Crippen molar-refractivity contribution in [2.45, 2.75) is 32.7 Å². The minimum atomic E-state index is -1.01. The summed E-state index contributed by atoms with van der Waals surface area (Å²) in [7, 11) is 1.49. The molecule has 0 aliphatic carbocycles. The summed E-state index contributed by atoms with van der Waals surface area (Å²) in [5.74, 6) is -1.71. The molecule has 0 radical (unpaired) electrons. The standard InChI is InChI=1S/C25H24FN3O5S/c1-4-12-34-17-11-8-15(13-18(17)33-3)21-20(22(30)14-6-9-16(26)10-7-14)23(31)24(32)29(21)25-28-27-19(5-2)35-25/h6-11,13,21,30H,4-5,12H2,1-3H3/b22-20+. The molecule has 0 spiro atoms. The Kier molecular flexibility index (Phi) is 7.11. The third-order valence-corrected chi connectivity index (χ3v) is 6.56. The Hall–Kier alpha value is -3.79. The van der Waals surface area contributed by atoms with E-state index in [0.717, 1.165) is 6.42 Å². The van der Waals surface area contributed by atoms with Gasteiger partial charge in [0.15, 0.2) is 11.5 Å². The van der Waals surface area contributed by atoms with E-state index in [-0.39, 0.29) is 16.3 Å². The Morgan fingerprint density at radius 2 is 1.86 bits per heavy atom. The van der Waals surface area contributed by atoms with Crippen molar-refractivity contribution in [2.75, 3.05) is 18.6 Å². The largest absolute Gasteiger partial charge is 0.507 e. The number of carbonyl (C=O) groups is 2. The highest BCUT2D eigenvalue weighted by atomic mass is 32.1. The van der Waals surface area contributed by atoms with E-state index in [2.05, 4.69) is 10.2 Å². The molecule has 1 amide bonds. The lowest BCUT2D eigenvalue weighted by atomic mass is 9.95. The molecule has 1 aromatic heterocycles. The average molecular weight is 498 g/mol. The number of aliphatic hydroxyl groups is 1. The van der Waals surface area contributed by atoms with E-state index in [9.17, 15) is 19.1 Å². The molecule has 2 aromatic carbocycles. The van der Waals surface area contributed by atoms with Crippen molar-refractivity contribution in [3.8, 4) is 11.5 Å². The van der Waals surface area contributed by atoms with Crippen LogP contribution in [0.5, 0.6) is 11.5 Å². The van der Waals surface area contributed by atoms with E-state index in [4.69, 9.17) is 9.47 Å². The number of methoxy groups -OCH3 is 1. The Morgan fingerprint density at radius 1 is 1.11 bits per heavy atom. The van der Waals surface area contributed by atoms with Crippen LogP contribution in [-0.4, -0.2) is 40.7 Å². The summed E-state index contributed by atoms with van der Waals surface area (Å²) < 4.78 is 24.7. The predicted octanol–water partition coefficient (Wildman–Crippen LogP) is 4.66. The van der Waals surface area contributed by atoms with E-state index in [1.165, 1.54) is 47.6 Å². The minimum absolute atomic E-state index is 0.140. The molecule has 2 heterocycles. The number of ketones is 1. The van der Waals surface area contributed by atoms with Gasteiger partial charge in [0.1, 0.15) is 16.6 Å². The summed E-state index contributed by atoms with van der Waals surface area (Å²) >= 11 is 1.19. The number of aromatic nitrogens is 2. The lowest BCUT2D eigenvalue weighted by molar-refractivity contribution is -0.132. The quantitative estimate of drug-likeness (QED) is 0.274. The molecule has 0 bridgehead atoms. The SMILES string of the molecule is CCCOc1ccc(C2/C(=C(\O)c3ccc(F)cc3)C(=O)C(=O)N2c2nnc(CC)s2)cc1OC. The van der Waals surface area contributed by atoms with Gasteiger partial charge in [-0.1, -0.05) is 31.3 Å². The molecule has 1 N–H and O–H groups in total. The number of Topliss-reactive ketones (excluding diaryl/α,β-unsaturated/α-hetero) is 1. The number of halogens is 1. The first-order valence-corrected chi connectivity index (χ1v) is 11.9. The van der Waals surface area contributed by atoms with Crippen LogP contribution >= 0.6 is 11.3 Å². The smallest absolute Gasteiger partial charge is 0.301 e. The van der Waals surface area contributed by atoms with Crippen LogP contribution in [0.2, 0.25) is 0 Å². The lowest BCUT2D eigenvalue weighted by Crippen LogP contribution is -2.29. The Balaban J connectivity index is 1.90. The Labute approximate surface area is 205 Å². The van der Waals surface area contributed by atoms with E-state index in [0.29, 0.717) is 35.1 Å². The van der Waals surface area contributed by atoms with Gasteiger partial charge < -0.3 is 14.6 Å². The zero-order chi connectivity index (χ0) is 25.1. The summed E-state index contributed by atoms with van der Waals surface area (Å²) in [5, 5.41) is 20.2. The average Bonchev–Trinajstić information content (AvgIpc) is 3.45. The third-order valence-electron chi connectivity index (χ3n) is 5.49. The van der Waals surface area contributed by atoms with Crippen molar-refractivity contribution >= 4 is 33.9 Å². The predicted molar refractivity (Wildman–Crippen MR) is 129 cm³/mol. The van der Waals surface area contributed by atoms with Crippen LogP contribution < -0.4 is 14.4 Å². The minimum Gasteiger partial charge on any atom is -0.507 e. The van der Waals surface area contributed by atoms with E-state index < -0.39 is 29.3 Å². The summed E-state index contributed by atoms with van der Waals surface area (Å²) in [6.07, 6.45) is 1.42. The number of hydrogen-bond acceptors (Lipinski definition) is 8. The number of benzene rings is 2. The molecule has 35 heavy (non-hydrogen) atoms. The number of hydrogen-bond donors (Lipinski definition) is 1. The van der Waals surface area contributed by atoms with Crippen LogP contribution in [0.25, 0.3) is 5.76 Å². The van der Waals surface area contributed by atoms with Gasteiger partial charge in [-0.2, -0.15) is 0 Å². The highest BCUT2D eigenvalue weighted by molar-refractivity contribution is 7.15. The number of aliphatic hydroxyl groups excluding tert-OH is 1. The summed E-state index contributed by atoms with van der Waals surface area (Å²) in [6.45, 7) is 4.38. The maximum atomic E-state index is 13.5. The molecule has 182 valence electrons. The monoisotopic (exact) mass is 497 g/mol. The lowest BCUT2D eigenvalue weighted by Gasteiger charge is -2.23. The van der Waals surface area contributed by atoms with Crippen LogP contribution in [0.3, 0.4) is 0 Å². The third kappa shape index (κ3) is 4.61. The van der Waals surface area contributed by atoms with Crippen molar-refractivity contribution in [3.05, 3.63) is 70.0 Å². The van der Waals surface area contributed by atoms with E-state index >= 15 is 0 Å². The van der Waals surface area contributed by atoms with Gasteiger partial charge in [0.25, 0.3) is 5.78 Å². The van der Waals surface area contributed by atoms with E-state index in [1.54, 1.807) is 18.2 Å². The molecule has 3 aromatic rings. The Morgan fingerprint density at radius 3 is 2.49 bits per heavy atom. The highest BCUT2D eigenvalue weighted by Gasteiger charge is 2.48. The number of aryl methyl sites for hydroxylation is 1. The first-order valence-electron chi connectivity index (χ1n) is 11.1. The molecule has 8 nitrogen and oxygen atoms in total. The second-order valence-corrected chi connectivity index (χ2v) is 8.81. The fourth-order valence-electron chi connectivity index (χ4n) is 3.78. The van der Waals surface area contributed by atoms with Crippen molar-refractivity contribution in [1.29, 1.82) is 0 Å². The zero-order valence-corrected chi connectivity index (χ0v) is 20.3. The number of ether oxygens (including phenoxy) is 2. The summed E-state index contributed by atoms with van der Waals surface area (Å²) in [6, 6.07) is 9.08. The molecule has 1 fully saturated rings. The number of rotatable bonds is 8. The van der Waals surface area contributed by atoms with Gasteiger partial charge in [-0.05, 0) is 54.8 Å². The summed E-state index contributed by atoms with van der Waals surface area (Å²) in [5.41, 5.74) is 0.566. The molecular weight excluding hydrogens is 473 g/mol. The van der Waals surface area contributed by atoms with Crippen LogP contribution in [0.1, 0.15) is 42.4 Å². The second-order valence-electron chi connectivity index (χ2n) is 7.77. The second kappa shape index (κ2) is 10.2. The molecule has 4 rings (SSSR count). The molecule has 1 aliphatic rings. The van der Waals surface area contributed by atoms with Gasteiger partial charge in [0.2, 0.25) is 5.13 Å². The maximum Gasteiger partial charge on any atom is 0.301 e. The van der Waals surface area contributed by atoms with Crippen LogP contribution in [0, 0.1) is 5.82 Å². The van der Waals surface area contributed by atoms with Gasteiger partial charge >= 0.3 is 5.91 Å². The van der Waals surface area contributed by atoms with Crippen LogP contribution in [0.4, 0.5) is 9.52 Å². The number of anilines is 1. The molecule has 1 unspecified atom stereocenters. The van der Waals surface area contributed by atoms with Gasteiger partial charge in [0, 0.05) is 5.56 Å². The molecule has 0 saturated carbocycles. The first-order chi connectivity index (χ1) is 16.9. The zero-order valence-electron chi connectivity index (χ0n) is 19.4. The number of nitrogens with zero attached hydrogens (tertiary/aromatic N) is 3. The fraction of sp³-hybridized carbons (Fsp3) is 0.280. The molecule has 1 saturated heterocycles. The van der Waals surface area contributed by atoms with Crippen molar-refractivity contribution in [1.82, 2.24) is 10.2 Å². The Bertz CT molecular complexity index is 1290. The van der Waals surface area contributed by atoms with Crippen LogP contribution in [0.15, 0.2) is 48.0 Å². The van der Waals surface area contributed by atoms with Gasteiger partial charge in [-0.15, -0.1) is 10.2 Å². The number of carbonyl (C=O) groups excluding carboxylic acids is 2. The first kappa shape index (κ1) is 24.3. The van der Waals surface area contributed by atoms with Gasteiger partial charge in [-0.3, -0.25) is 14.5 Å². The maximum absolute atomic E-state index is 13.5. The normalized spacial score (nSPS) is 17.1. The van der Waals surface area contributed by atoms with E-state index in [1.807, 2.05) is 13.8 Å². The molecular formula is C25H24FN3O5S. The molecule has 1 aliphatic heterocycles. The highest BCUT2D eigenvalue weighted by Crippen LogP contribution is 2.44. The van der Waals surface area contributed by atoms with Crippen molar-refractivity contribution in [2.24, 2.45) is 0 Å². The summed E-state index contributed by atoms with van der Waals surface area (Å²) in [4.78, 5) is 27.6. The van der Waals surface area contributed by atoms with Gasteiger partial charge in [0.05, 0.1) is 25.3 Å². The van der Waals surface area contributed by atoms with Crippen molar-refractivity contribution < 1.29 is 28.6 Å².